The smallest absolute Gasteiger partial charge is 0.209 e. The monoisotopic (exact) mass is 349 g/mol. The molecule has 2 aromatic heterocycles. The van der Waals surface area contributed by atoms with E-state index in [0.29, 0.717) is 17.8 Å². The predicted molar refractivity (Wildman–Crippen MR) is 86.1 cm³/mol. The van der Waals surface area contributed by atoms with Crippen molar-refractivity contribution in [1.82, 2.24) is 19.5 Å². The van der Waals surface area contributed by atoms with Crippen LogP contribution in [0.4, 0.5) is 5.82 Å². The first-order chi connectivity index (χ1) is 12.1. The molecule has 5 N–H and O–H groups in total. The van der Waals surface area contributed by atoms with Crippen LogP contribution in [0.25, 0.3) is 11.2 Å². The Bertz CT molecular complexity index is 814. The quantitative estimate of drug-likeness (QED) is 0.378. The molecular formula is C15H19N5O5. The fraction of sp³-hybridized carbons (Fsp3) is 0.533. The average molecular weight is 349 g/mol. The first-order valence-corrected chi connectivity index (χ1v) is 7.76. The van der Waals surface area contributed by atoms with Gasteiger partial charge in [0.15, 0.2) is 17.7 Å². The number of hydrogen-bond acceptors (Lipinski definition) is 9. The summed E-state index contributed by atoms with van der Waals surface area (Å²) in [6.45, 7) is 2.23. The van der Waals surface area contributed by atoms with Crippen molar-refractivity contribution >= 4 is 17.0 Å². The number of aliphatic hydroxyl groups is 3. The maximum atomic E-state index is 10.2. The Labute approximate surface area is 143 Å². The van der Waals surface area contributed by atoms with Gasteiger partial charge in [-0.05, 0) is 12.8 Å². The molecule has 0 aliphatic carbocycles. The lowest BCUT2D eigenvalue weighted by Crippen LogP contribution is -2.33. The number of fused-ring (bicyclic) bond motifs is 1. The van der Waals surface area contributed by atoms with Crippen LogP contribution in [-0.2, 0) is 9.47 Å². The summed E-state index contributed by atoms with van der Waals surface area (Å²) in [5.74, 6) is 5.83. The summed E-state index contributed by atoms with van der Waals surface area (Å²) in [7, 11) is 0. The van der Waals surface area contributed by atoms with Gasteiger partial charge in [-0.1, -0.05) is 5.92 Å². The van der Waals surface area contributed by atoms with Crippen LogP contribution in [0.5, 0.6) is 0 Å². The van der Waals surface area contributed by atoms with Crippen molar-refractivity contribution in [2.45, 2.75) is 31.5 Å². The normalized spacial score (nSPS) is 25.9. The summed E-state index contributed by atoms with van der Waals surface area (Å²) >= 11 is 0. The molecule has 0 saturated carbocycles. The largest absolute Gasteiger partial charge is 0.394 e. The summed E-state index contributed by atoms with van der Waals surface area (Å²) in [5, 5.41) is 29.3. The fourth-order valence-corrected chi connectivity index (χ4v) is 2.56. The molecule has 134 valence electrons. The van der Waals surface area contributed by atoms with Crippen LogP contribution >= 0.6 is 0 Å². The number of hydrogen-bond donors (Lipinski definition) is 4. The number of imidazole rings is 1. The third kappa shape index (κ3) is 3.28. The van der Waals surface area contributed by atoms with Gasteiger partial charge in [0.2, 0.25) is 5.82 Å². The highest BCUT2D eigenvalue weighted by Crippen LogP contribution is 2.31. The van der Waals surface area contributed by atoms with Gasteiger partial charge in [-0.2, -0.15) is 0 Å². The zero-order valence-corrected chi connectivity index (χ0v) is 13.5. The van der Waals surface area contributed by atoms with Crippen LogP contribution in [0.15, 0.2) is 6.33 Å². The number of nitrogens with zero attached hydrogens (tertiary/aromatic N) is 4. The highest BCUT2D eigenvalue weighted by Gasteiger charge is 2.44. The van der Waals surface area contributed by atoms with Gasteiger partial charge in [-0.25, -0.2) is 15.0 Å². The van der Waals surface area contributed by atoms with Gasteiger partial charge in [-0.15, -0.1) is 0 Å². The number of ether oxygens (including phenoxy) is 2. The number of anilines is 1. The van der Waals surface area contributed by atoms with Crippen molar-refractivity contribution in [1.29, 1.82) is 0 Å². The minimum absolute atomic E-state index is 0.135. The summed E-state index contributed by atoms with van der Waals surface area (Å²) in [5.41, 5.74) is 6.53. The number of nitrogens with two attached hydrogens (primary N) is 1. The fourth-order valence-electron chi connectivity index (χ4n) is 2.56. The summed E-state index contributed by atoms with van der Waals surface area (Å²) in [4.78, 5) is 12.5. The Morgan fingerprint density at radius 1 is 1.36 bits per heavy atom. The van der Waals surface area contributed by atoms with Crippen LogP contribution in [0.2, 0.25) is 0 Å². The summed E-state index contributed by atoms with van der Waals surface area (Å²) < 4.78 is 12.1. The lowest BCUT2D eigenvalue weighted by atomic mass is 10.1. The molecule has 0 spiro atoms. The molecule has 1 saturated heterocycles. The molecule has 10 heteroatoms. The lowest BCUT2D eigenvalue weighted by molar-refractivity contribution is -0.0511. The van der Waals surface area contributed by atoms with E-state index in [9.17, 15) is 15.3 Å². The number of aromatic nitrogens is 4. The summed E-state index contributed by atoms with van der Waals surface area (Å²) in [6.07, 6.45) is -2.96. The molecule has 3 rings (SSSR count). The Balaban J connectivity index is 1.97. The molecule has 4 atom stereocenters. The second-order valence-electron chi connectivity index (χ2n) is 5.42. The summed E-state index contributed by atoms with van der Waals surface area (Å²) in [6, 6.07) is 0. The molecule has 1 aliphatic heterocycles. The van der Waals surface area contributed by atoms with Gasteiger partial charge >= 0.3 is 0 Å². The second-order valence-corrected chi connectivity index (χ2v) is 5.42. The predicted octanol–water partition coefficient (Wildman–Crippen LogP) is -1.59. The molecule has 0 amide bonds. The average Bonchev–Trinajstić information content (AvgIpc) is 3.14. The Kier molecular flexibility index (Phi) is 5.12. The van der Waals surface area contributed by atoms with E-state index in [2.05, 4.69) is 26.8 Å². The van der Waals surface area contributed by atoms with Crippen molar-refractivity contribution in [3.8, 4) is 11.8 Å². The van der Waals surface area contributed by atoms with E-state index in [1.165, 1.54) is 10.9 Å². The third-order valence-electron chi connectivity index (χ3n) is 3.82. The first-order valence-electron chi connectivity index (χ1n) is 7.76. The topological polar surface area (TPSA) is 149 Å². The lowest BCUT2D eigenvalue weighted by Gasteiger charge is -2.16. The van der Waals surface area contributed by atoms with E-state index in [4.69, 9.17) is 15.2 Å². The maximum absolute atomic E-state index is 10.2. The molecule has 0 aromatic carbocycles. The molecule has 3 heterocycles. The van der Waals surface area contributed by atoms with E-state index < -0.39 is 31.1 Å². The van der Waals surface area contributed by atoms with E-state index in [-0.39, 0.29) is 18.2 Å². The van der Waals surface area contributed by atoms with Gasteiger partial charge in [0.25, 0.3) is 0 Å². The highest BCUT2D eigenvalue weighted by molar-refractivity contribution is 5.82. The van der Waals surface area contributed by atoms with Gasteiger partial charge in [-0.3, -0.25) is 4.57 Å². The molecule has 1 fully saturated rings. The highest BCUT2D eigenvalue weighted by atomic mass is 16.6. The van der Waals surface area contributed by atoms with Crippen LogP contribution in [0, 0.1) is 11.8 Å². The molecule has 0 unspecified atom stereocenters. The molecular weight excluding hydrogens is 330 g/mol. The van der Waals surface area contributed by atoms with Crippen molar-refractivity contribution in [3.63, 3.8) is 0 Å². The maximum Gasteiger partial charge on any atom is 0.209 e. The van der Waals surface area contributed by atoms with Crippen molar-refractivity contribution in [2.75, 3.05) is 25.6 Å². The van der Waals surface area contributed by atoms with Crippen molar-refractivity contribution in [2.24, 2.45) is 0 Å². The van der Waals surface area contributed by atoms with Crippen LogP contribution in [0.3, 0.4) is 0 Å². The third-order valence-corrected chi connectivity index (χ3v) is 3.82. The molecule has 2 aromatic rings. The molecule has 1 aliphatic rings. The molecule has 25 heavy (non-hydrogen) atoms. The van der Waals surface area contributed by atoms with Crippen LogP contribution < -0.4 is 5.73 Å². The SMILES string of the molecule is CCOCC#Cc1nc(N)c2ncn([C@@H]3O[C@H](CO)[C@@H](O)[C@H]3O)c2n1. The van der Waals surface area contributed by atoms with E-state index in [1.54, 1.807) is 0 Å². The standard InChI is InChI=1S/C15H19N5O5/c1-2-24-5-3-4-9-18-13(16)10-14(19-9)20(7-17-10)15-12(23)11(22)8(6-21)25-15/h7-8,11-12,15,21-23H,2,5-6H2,1H3,(H2,16,18,19)/t8-,11-,12-,15-/m1/s1. The molecule has 0 radical (unpaired) electrons. The van der Waals surface area contributed by atoms with E-state index in [1.807, 2.05) is 6.92 Å². The first kappa shape index (κ1) is 17.5. The van der Waals surface area contributed by atoms with Gasteiger partial charge < -0.3 is 30.5 Å². The Morgan fingerprint density at radius 3 is 2.84 bits per heavy atom. The van der Waals surface area contributed by atoms with Gasteiger partial charge in [0.05, 0.1) is 12.9 Å². The number of aliphatic hydroxyl groups excluding tert-OH is 3. The Hall–Kier alpha value is -2.29. The zero-order chi connectivity index (χ0) is 18.0. The number of rotatable bonds is 4. The molecule has 0 bridgehead atoms. The number of nitrogen functional groups attached to an aromatic ring is 1. The van der Waals surface area contributed by atoms with Crippen molar-refractivity contribution < 1.29 is 24.8 Å². The van der Waals surface area contributed by atoms with Gasteiger partial charge in [0, 0.05) is 6.61 Å². The molecule has 10 nitrogen and oxygen atoms in total. The van der Waals surface area contributed by atoms with E-state index >= 15 is 0 Å². The second kappa shape index (κ2) is 7.30. The minimum atomic E-state index is -1.25. The zero-order valence-electron chi connectivity index (χ0n) is 13.5. The minimum Gasteiger partial charge on any atom is -0.394 e. The Morgan fingerprint density at radius 2 is 2.16 bits per heavy atom. The van der Waals surface area contributed by atoms with Gasteiger partial charge in [0.1, 0.15) is 30.4 Å². The van der Waals surface area contributed by atoms with Crippen LogP contribution in [-0.4, -0.2) is 73.0 Å². The van der Waals surface area contributed by atoms with E-state index in [0.717, 1.165) is 0 Å². The van der Waals surface area contributed by atoms with Crippen molar-refractivity contribution in [3.05, 3.63) is 12.2 Å². The van der Waals surface area contributed by atoms with Crippen LogP contribution in [0.1, 0.15) is 19.0 Å².